The molecule has 0 aromatic heterocycles. The molecule has 30 heavy (non-hydrogen) atoms. The van der Waals surface area contributed by atoms with Crippen molar-refractivity contribution in [2.45, 2.75) is 31.8 Å². The average molecular weight is 447 g/mol. The zero-order valence-corrected chi connectivity index (χ0v) is 19.0. The summed E-state index contributed by atoms with van der Waals surface area (Å²) in [7, 11) is 1.72. The molecule has 2 N–H and O–H groups in total. The Morgan fingerprint density at radius 1 is 1.13 bits per heavy atom. The molecule has 160 valence electrons. The Bertz CT molecular complexity index is 941. The molecule has 4 rings (SSSR count). The molecule has 1 fully saturated rings. The highest BCUT2D eigenvalue weighted by atomic mass is 35.5. The van der Waals surface area contributed by atoms with Crippen LogP contribution >= 0.6 is 23.2 Å². The highest BCUT2D eigenvalue weighted by molar-refractivity contribution is 6.42. The number of aliphatic imine (C=N–C) groups is 1. The van der Waals surface area contributed by atoms with E-state index in [0.717, 1.165) is 43.1 Å². The number of benzene rings is 2. The largest absolute Gasteiger partial charge is 0.383 e. The summed E-state index contributed by atoms with van der Waals surface area (Å²) in [5, 5.41) is 8.36. The highest BCUT2D eigenvalue weighted by Crippen LogP contribution is 2.43. The average Bonchev–Trinajstić information content (AvgIpc) is 2.73. The lowest BCUT2D eigenvalue weighted by molar-refractivity contribution is 0.207. The Morgan fingerprint density at radius 2 is 1.90 bits per heavy atom. The minimum Gasteiger partial charge on any atom is -0.383 e. The van der Waals surface area contributed by atoms with Crippen LogP contribution in [0.2, 0.25) is 10.0 Å². The van der Waals surface area contributed by atoms with Gasteiger partial charge in [0.05, 0.1) is 40.1 Å². The van der Waals surface area contributed by atoms with Crippen molar-refractivity contribution in [1.82, 2.24) is 5.32 Å². The van der Waals surface area contributed by atoms with Gasteiger partial charge < -0.3 is 20.3 Å². The Kier molecular flexibility index (Phi) is 6.54. The summed E-state index contributed by atoms with van der Waals surface area (Å²) in [4.78, 5) is 7.44. The number of halogens is 2. The van der Waals surface area contributed by atoms with E-state index >= 15 is 0 Å². The van der Waals surface area contributed by atoms with Crippen LogP contribution in [-0.4, -0.2) is 44.7 Å². The van der Waals surface area contributed by atoms with E-state index < -0.39 is 0 Å². The number of anilines is 2. The fraction of sp³-hybridized carbons (Fsp3) is 0.435. The second-order valence-electron chi connectivity index (χ2n) is 8.01. The third kappa shape index (κ3) is 4.30. The number of aryl methyl sites for hydroxylation is 1. The molecular weight excluding hydrogens is 419 g/mol. The summed E-state index contributed by atoms with van der Waals surface area (Å²) in [6, 6.07) is 12.4. The lowest BCUT2D eigenvalue weighted by atomic mass is 9.83. The van der Waals surface area contributed by atoms with E-state index in [4.69, 9.17) is 32.9 Å². The zero-order chi connectivity index (χ0) is 21.1. The van der Waals surface area contributed by atoms with Gasteiger partial charge in [0.1, 0.15) is 5.84 Å². The number of piperidine rings is 1. The number of hydrogen-bond acceptors (Lipinski definition) is 4. The van der Waals surface area contributed by atoms with Crippen LogP contribution in [0.5, 0.6) is 0 Å². The van der Waals surface area contributed by atoms with Crippen LogP contribution in [0.25, 0.3) is 0 Å². The van der Waals surface area contributed by atoms with Crippen molar-refractivity contribution in [3.63, 3.8) is 0 Å². The first-order valence-corrected chi connectivity index (χ1v) is 11.1. The van der Waals surface area contributed by atoms with Crippen molar-refractivity contribution in [2.75, 3.05) is 43.6 Å². The van der Waals surface area contributed by atoms with E-state index in [1.165, 1.54) is 11.1 Å². The molecule has 2 aliphatic heterocycles. The number of rotatable bonds is 5. The number of ether oxygens (including phenoxy) is 1. The second-order valence-corrected chi connectivity index (χ2v) is 8.83. The van der Waals surface area contributed by atoms with Crippen molar-refractivity contribution >= 4 is 40.4 Å². The Hall–Kier alpha value is -1.79. The Labute approximate surface area is 188 Å². The number of amidine groups is 1. The van der Waals surface area contributed by atoms with E-state index in [2.05, 4.69) is 46.7 Å². The number of nitrogens with zero attached hydrogens (tertiary/aromatic N) is 2. The standard InChI is InChI=1S/C23H28Cl2N4O/c1-16-4-3-5-17(12-16)15-27-22-23(6-8-26-9-7-23)28-20-13-18(24)19(25)14-21(20)29(22)10-11-30-2/h3-5,12-14,26,28H,6-11,15H2,1-2H3. The first-order valence-electron chi connectivity index (χ1n) is 10.4. The molecule has 0 amide bonds. The van der Waals surface area contributed by atoms with Crippen LogP contribution in [0, 0.1) is 6.92 Å². The monoisotopic (exact) mass is 446 g/mol. The summed E-state index contributed by atoms with van der Waals surface area (Å²) in [6.07, 6.45) is 1.89. The SMILES string of the molecule is COCCN1C(=NCc2cccc(C)c2)C2(CCNCC2)Nc2cc(Cl)c(Cl)cc21. The maximum atomic E-state index is 6.39. The lowest BCUT2D eigenvalue weighted by Crippen LogP contribution is -2.62. The molecule has 2 aliphatic rings. The number of hydrogen-bond donors (Lipinski definition) is 2. The van der Waals surface area contributed by atoms with Crippen molar-refractivity contribution < 1.29 is 4.74 Å². The third-order valence-corrected chi connectivity index (χ3v) is 6.58. The molecular formula is C23H28Cl2N4O. The summed E-state index contributed by atoms with van der Waals surface area (Å²) in [5.74, 6) is 1.05. The lowest BCUT2D eigenvalue weighted by Gasteiger charge is -2.49. The highest BCUT2D eigenvalue weighted by Gasteiger charge is 2.44. The molecule has 0 atom stereocenters. The summed E-state index contributed by atoms with van der Waals surface area (Å²) < 4.78 is 5.43. The Balaban J connectivity index is 1.80. The van der Waals surface area contributed by atoms with Gasteiger partial charge in [-0.25, -0.2) is 0 Å². The minimum atomic E-state index is -0.243. The third-order valence-electron chi connectivity index (χ3n) is 5.86. The fourth-order valence-electron chi connectivity index (χ4n) is 4.37. The van der Waals surface area contributed by atoms with Gasteiger partial charge in [-0.15, -0.1) is 0 Å². The predicted octanol–water partition coefficient (Wildman–Crippen LogP) is 4.90. The van der Waals surface area contributed by atoms with E-state index in [1.54, 1.807) is 7.11 Å². The van der Waals surface area contributed by atoms with Gasteiger partial charge in [-0.3, -0.25) is 4.99 Å². The van der Waals surface area contributed by atoms with Gasteiger partial charge in [-0.1, -0.05) is 53.0 Å². The van der Waals surface area contributed by atoms with E-state index in [0.29, 0.717) is 29.7 Å². The van der Waals surface area contributed by atoms with Crippen LogP contribution in [0.1, 0.15) is 24.0 Å². The molecule has 5 nitrogen and oxygen atoms in total. The molecule has 2 aromatic carbocycles. The molecule has 2 heterocycles. The van der Waals surface area contributed by atoms with Crippen LogP contribution in [0.3, 0.4) is 0 Å². The molecule has 0 radical (unpaired) electrons. The molecule has 0 bridgehead atoms. The van der Waals surface area contributed by atoms with Gasteiger partial charge in [0.25, 0.3) is 0 Å². The molecule has 2 aromatic rings. The fourth-order valence-corrected chi connectivity index (χ4v) is 4.69. The van der Waals surface area contributed by atoms with Crippen LogP contribution in [0.15, 0.2) is 41.4 Å². The number of methoxy groups -OCH3 is 1. The number of nitrogens with one attached hydrogen (secondary N) is 2. The maximum Gasteiger partial charge on any atom is 0.130 e. The quantitative estimate of drug-likeness (QED) is 0.685. The zero-order valence-electron chi connectivity index (χ0n) is 17.5. The van der Waals surface area contributed by atoms with Crippen molar-refractivity contribution in [2.24, 2.45) is 4.99 Å². The summed E-state index contributed by atoms with van der Waals surface area (Å²) >= 11 is 12.8. The number of fused-ring (bicyclic) bond motifs is 1. The molecule has 0 saturated carbocycles. The smallest absolute Gasteiger partial charge is 0.130 e. The van der Waals surface area contributed by atoms with Crippen LogP contribution < -0.4 is 15.5 Å². The van der Waals surface area contributed by atoms with E-state index in [9.17, 15) is 0 Å². The van der Waals surface area contributed by atoms with Gasteiger partial charge in [0, 0.05) is 13.7 Å². The Morgan fingerprint density at radius 3 is 2.63 bits per heavy atom. The van der Waals surface area contributed by atoms with Crippen molar-refractivity contribution in [3.05, 3.63) is 57.6 Å². The van der Waals surface area contributed by atoms with Crippen LogP contribution in [-0.2, 0) is 11.3 Å². The van der Waals surface area contributed by atoms with Crippen LogP contribution in [0.4, 0.5) is 11.4 Å². The van der Waals surface area contributed by atoms with Crippen molar-refractivity contribution in [1.29, 1.82) is 0 Å². The van der Waals surface area contributed by atoms with Crippen molar-refractivity contribution in [3.8, 4) is 0 Å². The van der Waals surface area contributed by atoms with Gasteiger partial charge in [-0.2, -0.15) is 0 Å². The summed E-state index contributed by atoms with van der Waals surface area (Å²) in [6.45, 7) is 5.91. The maximum absolute atomic E-state index is 6.39. The molecule has 1 spiro atoms. The molecule has 7 heteroatoms. The molecule has 0 aliphatic carbocycles. The van der Waals surface area contributed by atoms with Gasteiger partial charge in [0.2, 0.25) is 0 Å². The van der Waals surface area contributed by atoms with Gasteiger partial charge in [-0.05, 0) is 50.6 Å². The topological polar surface area (TPSA) is 48.9 Å². The van der Waals surface area contributed by atoms with Gasteiger partial charge in [0.15, 0.2) is 0 Å². The molecule has 1 saturated heterocycles. The minimum absolute atomic E-state index is 0.243. The predicted molar refractivity (Wildman–Crippen MR) is 126 cm³/mol. The van der Waals surface area contributed by atoms with E-state index in [-0.39, 0.29) is 5.54 Å². The molecule has 0 unspecified atom stereocenters. The van der Waals surface area contributed by atoms with Gasteiger partial charge >= 0.3 is 0 Å². The first-order chi connectivity index (χ1) is 14.5. The van der Waals surface area contributed by atoms with E-state index in [1.807, 2.05) is 12.1 Å². The summed E-state index contributed by atoms with van der Waals surface area (Å²) in [5.41, 5.74) is 4.20. The normalized spacial score (nSPS) is 19.1. The first kappa shape index (κ1) is 21.4. The second kappa shape index (κ2) is 9.15.